The van der Waals surface area contributed by atoms with Crippen molar-refractivity contribution in [3.8, 4) is 22.8 Å². The van der Waals surface area contributed by atoms with E-state index < -0.39 is 18.0 Å². The molecular weight excluding hydrogens is 505 g/mol. The molecule has 6 rings (SSSR count). The third-order valence-electron chi connectivity index (χ3n) is 7.95. The van der Waals surface area contributed by atoms with Crippen LogP contribution in [0.2, 0.25) is 5.02 Å². The van der Waals surface area contributed by atoms with Gasteiger partial charge in [-0.2, -0.15) is 0 Å². The summed E-state index contributed by atoms with van der Waals surface area (Å²) in [6.07, 6.45) is -0.136. The molecule has 2 amide bonds. The van der Waals surface area contributed by atoms with Gasteiger partial charge in [0.1, 0.15) is 40.3 Å². The van der Waals surface area contributed by atoms with Gasteiger partial charge in [0.05, 0.1) is 11.6 Å². The van der Waals surface area contributed by atoms with Crippen LogP contribution in [0.15, 0.2) is 18.2 Å². The molecule has 5 heterocycles. The van der Waals surface area contributed by atoms with Crippen LogP contribution in [0.3, 0.4) is 0 Å². The summed E-state index contributed by atoms with van der Waals surface area (Å²) in [7, 11) is 2.05. The number of piperazine rings is 1. The molecule has 2 aromatic rings. The first-order valence-corrected chi connectivity index (χ1v) is 12.7. The van der Waals surface area contributed by atoms with Gasteiger partial charge in [-0.25, -0.2) is 14.2 Å². The Hall–Kier alpha value is -3.31. The zero-order valence-corrected chi connectivity index (χ0v) is 21.0. The molecule has 10 nitrogen and oxygen atoms in total. The fourth-order valence-electron chi connectivity index (χ4n) is 6.18. The Morgan fingerprint density at radius 2 is 1.97 bits per heavy atom. The number of anilines is 1. The van der Waals surface area contributed by atoms with E-state index in [-0.39, 0.29) is 71.5 Å². The first kappa shape index (κ1) is 24.1. The summed E-state index contributed by atoms with van der Waals surface area (Å²) in [6, 6.07) is 3.55. The Morgan fingerprint density at radius 1 is 1.16 bits per heavy atom. The molecule has 0 aliphatic carbocycles. The summed E-state index contributed by atoms with van der Waals surface area (Å²) in [6.45, 7) is 2.90. The Morgan fingerprint density at radius 3 is 2.73 bits per heavy atom. The number of halogens is 2. The minimum Gasteiger partial charge on any atom is -0.507 e. The second-order valence-electron chi connectivity index (χ2n) is 10.2. The second-order valence-corrected chi connectivity index (χ2v) is 10.5. The predicted octanol–water partition coefficient (Wildman–Crippen LogP) is 2.58. The molecule has 0 bridgehead atoms. The standard InChI is InChI=1S/C25H27ClFN5O5/c1-29-9-13-5-6-32(16(13)11-29)23-19-22(20(26)21(28-23)18-15(27)3-2-4-17(18)33)37-12-14-10-30(25(35)36)7-8-31(14)24(19)34/h2-4,13-14,16,33H,5-12H2,1H3,(H,35,36)/t13?,14-,16?/m1/s1. The van der Waals surface area contributed by atoms with Crippen LogP contribution in [0.4, 0.5) is 15.0 Å². The topological polar surface area (TPSA) is 110 Å². The number of hydrogen-bond donors (Lipinski definition) is 2. The lowest BCUT2D eigenvalue weighted by molar-refractivity contribution is 0.0390. The lowest BCUT2D eigenvalue weighted by Gasteiger charge is -2.38. The highest BCUT2D eigenvalue weighted by Gasteiger charge is 2.45. The molecule has 1 aromatic heterocycles. The third kappa shape index (κ3) is 3.83. The van der Waals surface area contributed by atoms with Gasteiger partial charge >= 0.3 is 6.09 Å². The molecule has 1 aromatic carbocycles. The number of pyridine rings is 1. The van der Waals surface area contributed by atoms with Gasteiger partial charge in [-0.1, -0.05) is 17.7 Å². The van der Waals surface area contributed by atoms with Gasteiger partial charge in [0.2, 0.25) is 0 Å². The van der Waals surface area contributed by atoms with Crippen molar-refractivity contribution in [2.45, 2.75) is 18.5 Å². The van der Waals surface area contributed by atoms with E-state index in [1.165, 1.54) is 23.1 Å². The van der Waals surface area contributed by atoms with Crippen LogP contribution in [0.25, 0.3) is 11.3 Å². The van der Waals surface area contributed by atoms with Crippen molar-refractivity contribution in [1.82, 2.24) is 19.7 Å². The minimum absolute atomic E-state index is 0.000604. The van der Waals surface area contributed by atoms with Crippen LogP contribution in [0.5, 0.6) is 11.5 Å². The molecule has 4 aliphatic rings. The number of ether oxygens (including phenoxy) is 1. The fourth-order valence-corrected chi connectivity index (χ4v) is 6.46. The molecule has 2 unspecified atom stereocenters. The third-order valence-corrected chi connectivity index (χ3v) is 8.30. The summed E-state index contributed by atoms with van der Waals surface area (Å²) in [5.74, 6) is -0.529. The number of carbonyl (C=O) groups excluding carboxylic acids is 1. The molecule has 3 saturated heterocycles. The van der Waals surface area contributed by atoms with Gasteiger partial charge in [0, 0.05) is 45.3 Å². The van der Waals surface area contributed by atoms with E-state index in [2.05, 4.69) is 16.8 Å². The van der Waals surface area contributed by atoms with Crippen molar-refractivity contribution in [3.05, 3.63) is 34.6 Å². The Labute approximate surface area is 217 Å². The lowest BCUT2D eigenvalue weighted by Crippen LogP contribution is -2.57. The Bertz CT molecular complexity index is 1270. The van der Waals surface area contributed by atoms with Gasteiger partial charge in [-0.3, -0.25) is 4.79 Å². The lowest BCUT2D eigenvalue weighted by atomic mass is 10.0. The van der Waals surface area contributed by atoms with Crippen LogP contribution in [-0.4, -0.2) is 107 Å². The molecular formula is C25H27ClFN5O5. The van der Waals surface area contributed by atoms with Crippen LogP contribution in [0.1, 0.15) is 16.8 Å². The van der Waals surface area contributed by atoms with Crippen LogP contribution in [0, 0.1) is 11.7 Å². The first-order chi connectivity index (χ1) is 17.7. The number of nitrogens with zero attached hydrogens (tertiary/aromatic N) is 5. The highest BCUT2D eigenvalue weighted by Crippen LogP contribution is 2.47. The van der Waals surface area contributed by atoms with Crippen LogP contribution in [-0.2, 0) is 0 Å². The van der Waals surface area contributed by atoms with E-state index in [1.807, 2.05) is 0 Å². The number of aromatic hydroxyl groups is 1. The summed E-state index contributed by atoms with van der Waals surface area (Å²) in [4.78, 5) is 37.6. The smallest absolute Gasteiger partial charge is 0.407 e. The van der Waals surface area contributed by atoms with Crippen molar-refractivity contribution in [2.24, 2.45) is 5.92 Å². The average Bonchev–Trinajstić information content (AvgIpc) is 3.37. The number of hydrogen-bond acceptors (Lipinski definition) is 7. The van der Waals surface area contributed by atoms with Gasteiger partial charge in [-0.05, 0) is 31.5 Å². The van der Waals surface area contributed by atoms with Gasteiger partial charge < -0.3 is 34.5 Å². The molecule has 4 aliphatic heterocycles. The number of phenolic OH excluding ortho intramolecular Hbond substituents is 1. The average molecular weight is 532 g/mol. The molecule has 0 spiro atoms. The zero-order chi connectivity index (χ0) is 26.0. The predicted molar refractivity (Wildman–Crippen MR) is 133 cm³/mol. The number of carbonyl (C=O) groups is 2. The molecule has 37 heavy (non-hydrogen) atoms. The Balaban J connectivity index is 1.52. The zero-order valence-electron chi connectivity index (χ0n) is 20.2. The summed E-state index contributed by atoms with van der Waals surface area (Å²) >= 11 is 6.77. The first-order valence-electron chi connectivity index (χ1n) is 12.3. The fraction of sp³-hybridized carbons (Fsp3) is 0.480. The normalized spacial score (nSPS) is 25.4. The number of likely N-dealkylation sites (tertiary alicyclic amines) is 1. The quantitative estimate of drug-likeness (QED) is 0.608. The van der Waals surface area contributed by atoms with Crippen LogP contribution >= 0.6 is 11.6 Å². The van der Waals surface area contributed by atoms with E-state index in [0.29, 0.717) is 18.3 Å². The van der Waals surface area contributed by atoms with Gasteiger partial charge in [0.25, 0.3) is 5.91 Å². The van der Waals surface area contributed by atoms with Crippen molar-refractivity contribution >= 4 is 29.4 Å². The van der Waals surface area contributed by atoms with Crippen molar-refractivity contribution in [2.75, 3.05) is 57.8 Å². The van der Waals surface area contributed by atoms with Crippen molar-refractivity contribution in [1.29, 1.82) is 0 Å². The molecule has 12 heteroatoms. The van der Waals surface area contributed by atoms with Crippen molar-refractivity contribution < 1.29 is 28.9 Å². The number of aromatic nitrogens is 1. The molecule has 0 saturated carbocycles. The van der Waals surface area contributed by atoms with E-state index in [0.717, 1.165) is 19.5 Å². The Kier molecular flexibility index (Phi) is 5.79. The second kappa shape index (κ2) is 8.91. The number of carboxylic acid groups (broad SMARTS) is 1. The van der Waals surface area contributed by atoms with E-state index in [9.17, 15) is 24.2 Å². The van der Waals surface area contributed by atoms with E-state index in [4.69, 9.17) is 21.3 Å². The number of phenols is 1. The molecule has 3 fully saturated rings. The SMILES string of the molecule is CN1CC2CCN(c3nc(-c4c(O)cccc4F)c(Cl)c4c3C(=O)N3CCN(C(=O)O)C[C@@H]3CO4)C2C1. The largest absolute Gasteiger partial charge is 0.507 e. The monoisotopic (exact) mass is 531 g/mol. The summed E-state index contributed by atoms with van der Waals surface area (Å²) in [5, 5.41) is 19.9. The van der Waals surface area contributed by atoms with E-state index in [1.54, 1.807) is 4.90 Å². The van der Waals surface area contributed by atoms with Gasteiger partial charge in [0.15, 0.2) is 5.75 Å². The highest BCUT2D eigenvalue weighted by atomic mass is 35.5. The molecule has 2 N–H and O–H groups in total. The number of benzene rings is 1. The van der Waals surface area contributed by atoms with Crippen molar-refractivity contribution in [3.63, 3.8) is 0 Å². The summed E-state index contributed by atoms with van der Waals surface area (Å²) in [5.41, 5.74) is 0.0395. The number of fused-ring (bicyclic) bond motifs is 3. The molecule has 0 radical (unpaired) electrons. The maximum absolute atomic E-state index is 15.0. The molecule has 196 valence electrons. The number of rotatable bonds is 2. The number of amides is 2. The maximum atomic E-state index is 15.0. The van der Waals surface area contributed by atoms with E-state index >= 15 is 0 Å². The van der Waals surface area contributed by atoms with Gasteiger partial charge in [-0.15, -0.1) is 0 Å². The highest BCUT2D eigenvalue weighted by molar-refractivity contribution is 6.35. The summed E-state index contributed by atoms with van der Waals surface area (Å²) < 4.78 is 21.1. The maximum Gasteiger partial charge on any atom is 0.407 e. The minimum atomic E-state index is -1.06. The van der Waals surface area contributed by atoms with Crippen LogP contribution < -0.4 is 9.64 Å². The number of likely N-dealkylation sites (N-methyl/N-ethyl adjacent to an activating group) is 1. The molecule has 3 atom stereocenters.